The Hall–Kier alpha value is -4.69. The average molecular weight is 557 g/mol. The molecule has 0 radical (unpaired) electrons. The van der Waals surface area contributed by atoms with Crippen LogP contribution < -0.4 is 4.90 Å². The SMILES string of the molecule is CC1CC=CC2=C1C1=C(c3ccccc3N2c2cc(C3=CCCC=C3)cc(-c3ccccn3)c2)C(C)(C)c2ccccc21. The molecule has 0 N–H and O–H groups in total. The van der Waals surface area contributed by atoms with Crippen LogP contribution in [0.5, 0.6) is 0 Å². The molecule has 3 aliphatic carbocycles. The predicted molar refractivity (Wildman–Crippen MR) is 181 cm³/mol. The third-order valence-electron chi connectivity index (χ3n) is 9.67. The lowest BCUT2D eigenvalue weighted by Gasteiger charge is -2.33. The fraction of sp³-hybridized carbons (Fsp3) is 0.195. The fourth-order valence-electron chi connectivity index (χ4n) is 7.70. The van der Waals surface area contributed by atoms with E-state index in [0.29, 0.717) is 5.92 Å². The van der Waals surface area contributed by atoms with Gasteiger partial charge in [0.15, 0.2) is 0 Å². The minimum absolute atomic E-state index is 0.115. The van der Waals surface area contributed by atoms with E-state index in [1.165, 1.54) is 61.6 Å². The smallest absolute Gasteiger partial charge is 0.0702 e. The zero-order chi connectivity index (χ0) is 29.1. The highest BCUT2D eigenvalue weighted by Crippen LogP contribution is 2.59. The molecule has 1 unspecified atom stereocenters. The molecule has 0 saturated heterocycles. The van der Waals surface area contributed by atoms with Gasteiger partial charge in [0.05, 0.1) is 11.4 Å². The van der Waals surface area contributed by atoms with Gasteiger partial charge in [0.25, 0.3) is 0 Å². The van der Waals surface area contributed by atoms with Crippen LogP contribution >= 0.6 is 0 Å². The maximum atomic E-state index is 4.78. The van der Waals surface area contributed by atoms with Gasteiger partial charge in [-0.25, -0.2) is 0 Å². The number of fused-ring (bicyclic) bond motifs is 5. The zero-order valence-corrected chi connectivity index (χ0v) is 25.1. The summed E-state index contributed by atoms with van der Waals surface area (Å²) in [6.07, 6.45) is 16.8. The van der Waals surface area contributed by atoms with Gasteiger partial charge in [-0.05, 0) is 107 Å². The molecule has 3 aromatic carbocycles. The van der Waals surface area contributed by atoms with Crippen molar-refractivity contribution in [2.75, 3.05) is 4.90 Å². The molecule has 8 rings (SSSR count). The summed E-state index contributed by atoms with van der Waals surface area (Å²) in [5, 5.41) is 0. The van der Waals surface area contributed by atoms with Crippen LogP contribution in [-0.2, 0) is 5.41 Å². The maximum absolute atomic E-state index is 4.78. The first-order chi connectivity index (χ1) is 21.0. The molecular weight excluding hydrogens is 520 g/mol. The van der Waals surface area contributed by atoms with Crippen molar-refractivity contribution in [2.45, 2.75) is 45.4 Å². The first-order valence-corrected chi connectivity index (χ1v) is 15.6. The van der Waals surface area contributed by atoms with Crippen molar-refractivity contribution in [3.8, 4) is 11.3 Å². The van der Waals surface area contributed by atoms with Crippen molar-refractivity contribution >= 4 is 28.1 Å². The third kappa shape index (κ3) is 4.04. The number of hydrogen-bond donors (Lipinski definition) is 0. The molecule has 43 heavy (non-hydrogen) atoms. The van der Waals surface area contributed by atoms with Gasteiger partial charge in [-0.1, -0.05) is 93.6 Å². The molecule has 2 heteroatoms. The molecule has 4 aliphatic rings. The summed E-state index contributed by atoms with van der Waals surface area (Å²) in [4.78, 5) is 7.32. The second-order valence-electron chi connectivity index (χ2n) is 12.7. The topological polar surface area (TPSA) is 16.1 Å². The van der Waals surface area contributed by atoms with E-state index in [-0.39, 0.29) is 5.41 Å². The number of aromatic nitrogens is 1. The first-order valence-electron chi connectivity index (χ1n) is 15.6. The summed E-state index contributed by atoms with van der Waals surface area (Å²) in [5.74, 6) is 0.395. The minimum Gasteiger partial charge on any atom is -0.310 e. The Balaban J connectivity index is 1.45. The number of benzene rings is 3. The Morgan fingerprint density at radius 3 is 2.40 bits per heavy atom. The van der Waals surface area contributed by atoms with E-state index in [1.54, 1.807) is 0 Å². The molecule has 0 fully saturated rings. The van der Waals surface area contributed by atoms with Gasteiger partial charge in [-0.15, -0.1) is 0 Å². The Labute approximate surface area is 255 Å². The lowest BCUT2D eigenvalue weighted by molar-refractivity contribution is 0.696. The number of rotatable bonds is 3. The molecule has 1 aromatic heterocycles. The van der Waals surface area contributed by atoms with Crippen LogP contribution in [0, 0.1) is 5.92 Å². The van der Waals surface area contributed by atoms with Gasteiger partial charge < -0.3 is 4.90 Å². The van der Waals surface area contributed by atoms with Gasteiger partial charge in [-0.3, -0.25) is 4.98 Å². The number of allylic oxidation sites excluding steroid dienone is 9. The number of hydrogen-bond acceptors (Lipinski definition) is 2. The van der Waals surface area contributed by atoms with Crippen molar-refractivity contribution in [3.05, 3.63) is 155 Å². The number of para-hydroxylation sites is 1. The maximum Gasteiger partial charge on any atom is 0.0702 e. The molecule has 2 heterocycles. The molecular formula is C41H36N2. The van der Waals surface area contributed by atoms with Crippen LogP contribution in [0.3, 0.4) is 0 Å². The van der Waals surface area contributed by atoms with Crippen molar-refractivity contribution in [3.63, 3.8) is 0 Å². The van der Waals surface area contributed by atoms with Crippen LogP contribution in [0.1, 0.15) is 62.3 Å². The molecule has 0 amide bonds. The van der Waals surface area contributed by atoms with Crippen LogP contribution in [0.15, 0.2) is 133 Å². The van der Waals surface area contributed by atoms with E-state index in [4.69, 9.17) is 4.98 Å². The second-order valence-corrected chi connectivity index (χ2v) is 12.7. The minimum atomic E-state index is -0.115. The number of nitrogens with zero attached hydrogens (tertiary/aromatic N) is 2. The molecule has 4 aromatic rings. The Morgan fingerprint density at radius 1 is 0.791 bits per heavy atom. The Bertz CT molecular complexity index is 1930. The van der Waals surface area contributed by atoms with Crippen LogP contribution in [-0.4, -0.2) is 4.98 Å². The number of pyridine rings is 1. The highest BCUT2D eigenvalue weighted by atomic mass is 15.2. The summed E-state index contributed by atoms with van der Waals surface area (Å²) in [6, 6.07) is 31.4. The lowest BCUT2D eigenvalue weighted by atomic mass is 9.77. The summed E-state index contributed by atoms with van der Waals surface area (Å²) < 4.78 is 0. The van der Waals surface area contributed by atoms with E-state index in [1.807, 2.05) is 12.3 Å². The predicted octanol–water partition coefficient (Wildman–Crippen LogP) is 10.7. The summed E-state index contributed by atoms with van der Waals surface area (Å²) in [5.41, 5.74) is 16.7. The molecule has 0 saturated carbocycles. The van der Waals surface area contributed by atoms with Crippen LogP contribution in [0.25, 0.3) is 28.0 Å². The zero-order valence-electron chi connectivity index (χ0n) is 25.1. The van der Waals surface area contributed by atoms with Crippen LogP contribution in [0.2, 0.25) is 0 Å². The molecule has 210 valence electrons. The van der Waals surface area contributed by atoms with E-state index in [9.17, 15) is 0 Å². The molecule has 1 atom stereocenters. The molecule has 0 spiro atoms. The monoisotopic (exact) mass is 556 g/mol. The van der Waals surface area contributed by atoms with E-state index in [0.717, 1.165) is 30.5 Å². The van der Waals surface area contributed by atoms with Crippen molar-refractivity contribution in [2.24, 2.45) is 5.92 Å². The van der Waals surface area contributed by atoms with Gasteiger partial charge in [0, 0.05) is 34.1 Å². The lowest BCUT2D eigenvalue weighted by Crippen LogP contribution is -2.22. The Kier molecular flexibility index (Phi) is 6.01. The summed E-state index contributed by atoms with van der Waals surface area (Å²) in [6.45, 7) is 7.22. The standard InChI is InChI=1S/C41H36N2/c1-27-14-13-22-37-38(27)39-32-17-7-9-19-34(32)41(2,3)40(39)33-18-8-10-21-36(33)43(37)31-25-29(28-15-5-4-6-16-28)24-30(26-31)35-20-11-12-23-42-35/h5,7-13,15-27H,4,6,14H2,1-3H3. The first kappa shape index (κ1) is 26.0. The van der Waals surface area contributed by atoms with Crippen molar-refractivity contribution < 1.29 is 0 Å². The van der Waals surface area contributed by atoms with E-state index < -0.39 is 0 Å². The van der Waals surface area contributed by atoms with E-state index in [2.05, 4.69) is 135 Å². The van der Waals surface area contributed by atoms with Crippen molar-refractivity contribution in [1.82, 2.24) is 4.98 Å². The largest absolute Gasteiger partial charge is 0.310 e. The molecule has 2 nitrogen and oxygen atoms in total. The second kappa shape index (κ2) is 9.95. The number of anilines is 2. The third-order valence-corrected chi connectivity index (χ3v) is 9.67. The average Bonchev–Trinajstić information content (AvgIpc) is 3.19. The van der Waals surface area contributed by atoms with Gasteiger partial charge in [0.2, 0.25) is 0 Å². The Morgan fingerprint density at radius 2 is 1.58 bits per heavy atom. The highest BCUT2D eigenvalue weighted by Gasteiger charge is 2.44. The summed E-state index contributed by atoms with van der Waals surface area (Å²) in [7, 11) is 0. The van der Waals surface area contributed by atoms with Crippen LogP contribution in [0.4, 0.5) is 11.4 Å². The van der Waals surface area contributed by atoms with Gasteiger partial charge in [0.1, 0.15) is 0 Å². The normalized spacial score (nSPS) is 19.8. The van der Waals surface area contributed by atoms with E-state index >= 15 is 0 Å². The van der Waals surface area contributed by atoms with Gasteiger partial charge in [-0.2, -0.15) is 0 Å². The quantitative estimate of drug-likeness (QED) is 0.249. The highest BCUT2D eigenvalue weighted by molar-refractivity contribution is 6.11. The van der Waals surface area contributed by atoms with Crippen molar-refractivity contribution in [1.29, 1.82) is 0 Å². The molecule has 0 bridgehead atoms. The summed E-state index contributed by atoms with van der Waals surface area (Å²) >= 11 is 0. The van der Waals surface area contributed by atoms with Gasteiger partial charge >= 0.3 is 0 Å². The fourth-order valence-corrected chi connectivity index (χ4v) is 7.70. The molecule has 1 aliphatic heterocycles.